The summed E-state index contributed by atoms with van der Waals surface area (Å²) in [6, 6.07) is 5.41. The Labute approximate surface area is 93.0 Å². The Kier molecular flexibility index (Phi) is 2.41. The van der Waals surface area contributed by atoms with Crippen LogP contribution in [0.1, 0.15) is 13.0 Å². The lowest BCUT2D eigenvalue weighted by Gasteiger charge is -2.10. The second kappa shape index (κ2) is 3.74. The highest BCUT2D eigenvalue weighted by Crippen LogP contribution is 2.32. The third-order valence-corrected chi connectivity index (χ3v) is 2.50. The van der Waals surface area contributed by atoms with Gasteiger partial charge < -0.3 is 10.5 Å². The molecule has 0 fully saturated rings. The number of hydrogen-bond acceptors (Lipinski definition) is 4. The van der Waals surface area contributed by atoms with E-state index in [0.29, 0.717) is 11.4 Å². The lowest BCUT2D eigenvalue weighted by Crippen LogP contribution is -2.05. The second-order valence-electron chi connectivity index (χ2n) is 3.52. The molecule has 2 aromatic rings. The van der Waals surface area contributed by atoms with Crippen LogP contribution in [-0.4, -0.2) is 16.9 Å². The van der Waals surface area contributed by atoms with Crippen LogP contribution >= 0.6 is 0 Å². The van der Waals surface area contributed by atoms with Crippen LogP contribution in [0.5, 0.6) is 5.75 Å². The summed E-state index contributed by atoms with van der Waals surface area (Å²) in [6.07, 6.45) is 1.70. The molecule has 0 amide bonds. The van der Waals surface area contributed by atoms with Crippen LogP contribution in [0.15, 0.2) is 18.3 Å². The number of rotatable bonds is 2. The third kappa shape index (κ3) is 1.36. The number of nitrogen functional groups attached to an aromatic ring is 1. The van der Waals surface area contributed by atoms with Crippen molar-refractivity contribution in [2.45, 2.75) is 13.0 Å². The first-order valence-corrected chi connectivity index (χ1v) is 4.88. The Morgan fingerprint density at radius 3 is 2.94 bits per heavy atom. The van der Waals surface area contributed by atoms with Crippen molar-refractivity contribution in [3.63, 3.8) is 0 Å². The number of hydrogen-bond donors (Lipinski definition) is 1. The standard InChI is InChI=1S/C11H12N4O/c1-7(5-12)15-10-8(6-14-15)3-4-9(13)11(10)16-2/h3-4,6-7H,13H2,1-2H3. The van der Waals surface area contributed by atoms with Gasteiger partial charge in [0.1, 0.15) is 11.6 Å². The number of nitrogens with zero attached hydrogens (tertiary/aromatic N) is 3. The van der Waals surface area contributed by atoms with E-state index in [-0.39, 0.29) is 6.04 Å². The first-order chi connectivity index (χ1) is 7.69. The molecule has 2 rings (SSSR count). The van der Waals surface area contributed by atoms with Crippen molar-refractivity contribution in [1.82, 2.24) is 9.78 Å². The SMILES string of the molecule is COc1c(N)ccc2cnn(C(C)C#N)c12. The maximum atomic E-state index is 8.92. The minimum atomic E-state index is -0.354. The highest BCUT2D eigenvalue weighted by atomic mass is 16.5. The number of benzene rings is 1. The van der Waals surface area contributed by atoms with Gasteiger partial charge in [-0.1, -0.05) is 0 Å². The van der Waals surface area contributed by atoms with E-state index in [9.17, 15) is 0 Å². The summed E-state index contributed by atoms with van der Waals surface area (Å²) >= 11 is 0. The first-order valence-electron chi connectivity index (χ1n) is 4.88. The van der Waals surface area contributed by atoms with Crippen molar-refractivity contribution in [2.75, 3.05) is 12.8 Å². The molecule has 0 aliphatic carbocycles. The van der Waals surface area contributed by atoms with Crippen molar-refractivity contribution >= 4 is 16.6 Å². The number of nitriles is 1. The molecule has 0 saturated carbocycles. The molecule has 0 saturated heterocycles. The van der Waals surface area contributed by atoms with E-state index < -0.39 is 0 Å². The first kappa shape index (κ1) is 10.3. The van der Waals surface area contributed by atoms with E-state index in [1.54, 1.807) is 31.0 Å². The molecule has 1 atom stereocenters. The molecule has 16 heavy (non-hydrogen) atoms. The molecule has 1 aromatic heterocycles. The number of methoxy groups -OCH3 is 1. The van der Waals surface area contributed by atoms with E-state index in [2.05, 4.69) is 11.2 Å². The van der Waals surface area contributed by atoms with Crippen molar-refractivity contribution in [2.24, 2.45) is 0 Å². The summed E-state index contributed by atoms with van der Waals surface area (Å²) in [5, 5.41) is 14.0. The van der Waals surface area contributed by atoms with Gasteiger partial charge in [-0.05, 0) is 19.1 Å². The van der Waals surface area contributed by atoms with Gasteiger partial charge >= 0.3 is 0 Å². The quantitative estimate of drug-likeness (QED) is 0.775. The van der Waals surface area contributed by atoms with E-state index in [4.69, 9.17) is 15.7 Å². The largest absolute Gasteiger partial charge is 0.492 e. The van der Waals surface area contributed by atoms with Crippen molar-refractivity contribution in [1.29, 1.82) is 5.26 Å². The molecule has 0 aliphatic rings. The fourth-order valence-electron chi connectivity index (χ4n) is 1.69. The summed E-state index contributed by atoms with van der Waals surface area (Å²) in [7, 11) is 1.56. The summed E-state index contributed by atoms with van der Waals surface area (Å²) < 4.78 is 6.87. The molecule has 5 heteroatoms. The Hall–Kier alpha value is -2.22. The molecular weight excluding hydrogens is 204 g/mol. The van der Waals surface area contributed by atoms with Gasteiger partial charge in [0.15, 0.2) is 5.75 Å². The van der Waals surface area contributed by atoms with E-state index in [0.717, 1.165) is 10.9 Å². The van der Waals surface area contributed by atoms with Crippen LogP contribution in [0.4, 0.5) is 5.69 Å². The second-order valence-corrected chi connectivity index (χ2v) is 3.52. The molecule has 1 heterocycles. The molecule has 0 bridgehead atoms. The number of anilines is 1. The minimum absolute atomic E-state index is 0.354. The maximum absolute atomic E-state index is 8.92. The maximum Gasteiger partial charge on any atom is 0.167 e. The fourth-order valence-corrected chi connectivity index (χ4v) is 1.69. The van der Waals surface area contributed by atoms with E-state index >= 15 is 0 Å². The molecule has 5 nitrogen and oxygen atoms in total. The monoisotopic (exact) mass is 216 g/mol. The predicted molar refractivity (Wildman–Crippen MR) is 61.0 cm³/mol. The van der Waals surface area contributed by atoms with Crippen LogP contribution in [0.25, 0.3) is 10.9 Å². The van der Waals surface area contributed by atoms with Crippen molar-refractivity contribution in [3.05, 3.63) is 18.3 Å². The number of aromatic nitrogens is 2. The normalized spacial score (nSPS) is 12.3. The molecular formula is C11H12N4O. The van der Waals surface area contributed by atoms with E-state index in [1.165, 1.54) is 0 Å². The van der Waals surface area contributed by atoms with Crippen LogP contribution in [0, 0.1) is 11.3 Å². The zero-order valence-corrected chi connectivity index (χ0v) is 9.14. The number of ether oxygens (including phenoxy) is 1. The molecule has 1 unspecified atom stereocenters. The van der Waals surface area contributed by atoms with Gasteiger partial charge in [0.05, 0.1) is 25.1 Å². The Bertz CT molecular complexity index is 567. The molecule has 0 spiro atoms. The molecule has 2 N–H and O–H groups in total. The number of fused-ring (bicyclic) bond motifs is 1. The third-order valence-electron chi connectivity index (χ3n) is 2.50. The molecule has 82 valence electrons. The Balaban J connectivity index is 2.79. The minimum Gasteiger partial charge on any atom is -0.492 e. The fraction of sp³-hybridized carbons (Fsp3) is 0.273. The smallest absolute Gasteiger partial charge is 0.167 e. The highest BCUT2D eigenvalue weighted by Gasteiger charge is 2.15. The van der Waals surface area contributed by atoms with Gasteiger partial charge in [-0.15, -0.1) is 0 Å². The average Bonchev–Trinajstić information content (AvgIpc) is 2.72. The van der Waals surface area contributed by atoms with Gasteiger partial charge in [0, 0.05) is 5.39 Å². The zero-order chi connectivity index (χ0) is 11.7. The van der Waals surface area contributed by atoms with Crippen LogP contribution < -0.4 is 10.5 Å². The highest BCUT2D eigenvalue weighted by molar-refractivity contribution is 5.90. The lowest BCUT2D eigenvalue weighted by molar-refractivity contribution is 0.417. The summed E-state index contributed by atoms with van der Waals surface area (Å²) in [6.45, 7) is 1.77. The van der Waals surface area contributed by atoms with Gasteiger partial charge in [0.2, 0.25) is 0 Å². The van der Waals surface area contributed by atoms with Gasteiger partial charge in [-0.25, -0.2) is 4.68 Å². The predicted octanol–water partition coefficient (Wildman–Crippen LogP) is 1.71. The van der Waals surface area contributed by atoms with Crippen molar-refractivity contribution in [3.8, 4) is 11.8 Å². The Morgan fingerprint density at radius 2 is 2.31 bits per heavy atom. The molecule has 0 radical (unpaired) electrons. The summed E-state index contributed by atoms with van der Waals surface area (Å²) in [4.78, 5) is 0. The van der Waals surface area contributed by atoms with Gasteiger partial charge in [0.25, 0.3) is 0 Å². The van der Waals surface area contributed by atoms with E-state index in [1.807, 2.05) is 6.07 Å². The van der Waals surface area contributed by atoms with Crippen LogP contribution in [0.3, 0.4) is 0 Å². The van der Waals surface area contributed by atoms with Gasteiger partial charge in [-0.3, -0.25) is 0 Å². The summed E-state index contributed by atoms with van der Waals surface area (Å²) in [5.41, 5.74) is 7.12. The summed E-state index contributed by atoms with van der Waals surface area (Å²) in [5.74, 6) is 0.567. The topological polar surface area (TPSA) is 76.9 Å². The van der Waals surface area contributed by atoms with Gasteiger partial charge in [-0.2, -0.15) is 10.4 Å². The molecule has 0 aliphatic heterocycles. The Morgan fingerprint density at radius 1 is 1.56 bits per heavy atom. The molecule has 1 aromatic carbocycles. The van der Waals surface area contributed by atoms with Crippen LogP contribution in [0.2, 0.25) is 0 Å². The zero-order valence-electron chi connectivity index (χ0n) is 9.14. The lowest BCUT2D eigenvalue weighted by atomic mass is 10.2. The average molecular weight is 216 g/mol. The van der Waals surface area contributed by atoms with Crippen LogP contribution in [-0.2, 0) is 0 Å². The number of nitrogens with two attached hydrogens (primary N) is 1. The van der Waals surface area contributed by atoms with Crippen molar-refractivity contribution < 1.29 is 4.74 Å².